The number of anilines is 1. The molecule has 0 radical (unpaired) electrons. The molecule has 2 rings (SSSR count). The van der Waals surface area contributed by atoms with E-state index in [1.165, 1.54) is 16.2 Å². The van der Waals surface area contributed by atoms with Gasteiger partial charge in [-0.25, -0.2) is 4.98 Å². The molecule has 2 heterocycles. The topological polar surface area (TPSA) is 62.3 Å². The summed E-state index contributed by atoms with van der Waals surface area (Å²) < 4.78 is 35.8. The number of hydrogen-bond acceptors (Lipinski definition) is 4. The first kappa shape index (κ1) is 14.8. The maximum atomic E-state index is 11.9. The fraction of sp³-hybridized carbons (Fsp3) is 0.545. The highest BCUT2D eigenvalue weighted by molar-refractivity contribution is 7.14. The molecule has 1 N–H and O–H groups in total. The Morgan fingerprint density at radius 1 is 1.50 bits per heavy atom. The lowest BCUT2D eigenvalue weighted by atomic mass is 10.3. The summed E-state index contributed by atoms with van der Waals surface area (Å²) in [6.45, 7) is -0.764. The number of carbonyl (C=O) groups is 2. The number of nitrogens with zero attached hydrogens (tertiary/aromatic N) is 2. The van der Waals surface area contributed by atoms with Gasteiger partial charge >= 0.3 is 6.18 Å². The van der Waals surface area contributed by atoms with Crippen molar-refractivity contribution in [1.82, 2.24) is 10.3 Å². The highest BCUT2D eigenvalue weighted by Gasteiger charge is 2.28. The van der Waals surface area contributed by atoms with Crippen molar-refractivity contribution >= 4 is 28.3 Å². The van der Waals surface area contributed by atoms with Crippen LogP contribution in [0.25, 0.3) is 0 Å². The van der Waals surface area contributed by atoms with Crippen LogP contribution >= 0.6 is 11.3 Å². The monoisotopic (exact) mass is 307 g/mol. The number of halogens is 3. The van der Waals surface area contributed by atoms with E-state index in [1.807, 2.05) is 0 Å². The van der Waals surface area contributed by atoms with Gasteiger partial charge in [-0.15, -0.1) is 11.3 Å². The highest BCUT2D eigenvalue weighted by atomic mass is 32.1. The van der Waals surface area contributed by atoms with Crippen LogP contribution in [0, 0.1) is 0 Å². The first-order valence-corrected chi connectivity index (χ1v) is 6.81. The molecule has 0 bridgehead atoms. The largest absolute Gasteiger partial charge is 0.405 e. The molecule has 1 aromatic heterocycles. The van der Waals surface area contributed by atoms with Crippen LogP contribution in [0.2, 0.25) is 0 Å². The van der Waals surface area contributed by atoms with Crippen molar-refractivity contribution in [3.63, 3.8) is 0 Å². The van der Waals surface area contributed by atoms with Gasteiger partial charge in [0.15, 0.2) is 5.13 Å². The Bertz CT molecular complexity index is 515. The number of thiazole rings is 1. The standard InChI is InChI=1S/C11H12F3N3O2S/c12-11(13,14)6-15-8(18)4-7-5-20-10(16-7)17-3-1-2-9(17)19/h5H,1-4,6H2,(H,15,18). The van der Waals surface area contributed by atoms with Gasteiger partial charge in [-0.1, -0.05) is 0 Å². The number of nitrogens with one attached hydrogen (secondary N) is 1. The van der Waals surface area contributed by atoms with Gasteiger partial charge in [0.1, 0.15) is 6.54 Å². The van der Waals surface area contributed by atoms with Crippen molar-refractivity contribution in [3.05, 3.63) is 11.1 Å². The number of carbonyl (C=O) groups excluding carboxylic acids is 2. The van der Waals surface area contributed by atoms with E-state index in [9.17, 15) is 22.8 Å². The molecule has 9 heteroatoms. The van der Waals surface area contributed by atoms with Gasteiger partial charge in [-0.3, -0.25) is 14.5 Å². The molecule has 5 nitrogen and oxygen atoms in total. The molecule has 20 heavy (non-hydrogen) atoms. The molecule has 1 aromatic rings. The first-order valence-electron chi connectivity index (χ1n) is 5.93. The Hall–Kier alpha value is -1.64. The van der Waals surface area contributed by atoms with Gasteiger partial charge in [0.2, 0.25) is 11.8 Å². The first-order chi connectivity index (χ1) is 9.35. The lowest BCUT2D eigenvalue weighted by Gasteiger charge is -2.10. The molecule has 1 aliphatic heterocycles. The van der Waals surface area contributed by atoms with E-state index >= 15 is 0 Å². The maximum Gasteiger partial charge on any atom is 0.405 e. The summed E-state index contributed by atoms with van der Waals surface area (Å²) in [7, 11) is 0. The average molecular weight is 307 g/mol. The molecule has 2 amide bonds. The minimum atomic E-state index is -4.43. The molecular weight excluding hydrogens is 295 g/mol. The van der Waals surface area contributed by atoms with Gasteiger partial charge in [0.05, 0.1) is 12.1 Å². The average Bonchev–Trinajstić information content (AvgIpc) is 2.94. The van der Waals surface area contributed by atoms with Crippen LogP contribution in [0.5, 0.6) is 0 Å². The Morgan fingerprint density at radius 2 is 2.25 bits per heavy atom. The van der Waals surface area contributed by atoms with E-state index in [2.05, 4.69) is 4.98 Å². The van der Waals surface area contributed by atoms with Gasteiger partial charge in [-0.05, 0) is 6.42 Å². The van der Waals surface area contributed by atoms with E-state index in [0.29, 0.717) is 23.8 Å². The van der Waals surface area contributed by atoms with Crippen LogP contribution in [0.4, 0.5) is 18.3 Å². The predicted molar refractivity (Wildman–Crippen MR) is 66.5 cm³/mol. The SMILES string of the molecule is O=C(Cc1csc(N2CCCC2=O)n1)NCC(F)(F)F. The normalized spacial score (nSPS) is 15.8. The highest BCUT2D eigenvalue weighted by Crippen LogP contribution is 2.25. The second-order valence-electron chi connectivity index (χ2n) is 4.34. The summed E-state index contributed by atoms with van der Waals surface area (Å²) in [6.07, 6.45) is -3.42. The Kier molecular flexibility index (Phi) is 4.26. The van der Waals surface area contributed by atoms with Gasteiger partial charge in [0.25, 0.3) is 0 Å². The van der Waals surface area contributed by atoms with Crippen LogP contribution in [-0.2, 0) is 16.0 Å². The van der Waals surface area contributed by atoms with Crippen LogP contribution < -0.4 is 10.2 Å². The molecular formula is C11H12F3N3O2S. The Morgan fingerprint density at radius 3 is 2.85 bits per heavy atom. The number of rotatable bonds is 4. The Labute approximate surface area is 116 Å². The van der Waals surface area contributed by atoms with E-state index in [0.717, 1.165) is 6.42 Å². The van der Waals surface area contributed by atoms with Crippen molar-refractivity contribution < 1.29 is 22.8 Å². The molecule has 1 fully saturated rings. The zero-order chi connectivity index (χ0) is 14.8. The quantitative estimate of drug-likeness (QED) is 0.917. The summed E-state index contributed by atoms with van der Waals surface area (Å²) in [5.74, 6) is -0.764. The number of hydrogen-bond donors (Lipinski definition) is 1. The molecule has 1 saturated heterocycles. The predicted octanol–water partition coefficient (Wildman–Crippen LogP) is 1.49. The third-order valence-electron chi connectivity index (χ3n) is 2.67. The molecule has 0 saturated carbocycles. The van der Waals surface area contributed by atoms with E-state index in [-0.39, 0.29) is 12.3 Å². The van der Waals surface area contributed by atoms with E-state index < -0.39 is 18.6 Å². The zero-order valence-electron chi connectivity index (χ0n) is 10.4. The minimum Gasteiger partial charge on any atom is -0.347 e. The van der Waals surface area contributed by atoms with Crippen molar-refractivity contribution in [2.45, 2.75) is 25.4 Å². The summed E-state index contributed by atoms with van der Waals surface area (Å²) in [5, 5.41) is 3.85. The molecule has 0 spiro atoms. The maximum absolute atomic E-state index is 11.9. The second kappa shape index (κ2) is 5.78. The van der Waals surface area contributed by atoms with Crippen LogP contribution in [-0.4, -0.2) is 36.1 Å². The third kappa shape index (κ3) is 3.92. The number of amides is 2. The summed E-state index contributed by atoms with van der Waals surface area (Å²) >= 11 is 1.21. The van der Waals surface area contributed by atoms with Crippen LogP contribution in [0.1, 0.15) is 18.5 Å². The second-order valence-corrected chi connectivity index (χ2v) is 5.18. The van der Waals surface area contributed by atoms with Crippen molar-refractivity contribution in [2.75, 3.05) is 18.0 Å². The lowest BCUT2D eigenvalue weighted by molar-refractivity contribution is -0.138. The number of alkyl halides is 3. The van der Waals surface area contributed by atoms with Crippen molar-refractivity contribution in [3.8, 4) is 0 Å². The number of aromatic nitrogens is 1. The molecule has 0 unspecified atom stereocenters. The smallest absolute Gasteiger partial charge is 0.347 e. The van der Waals surface area contributed by atoms with Gasteiger partial charge in [-0.2, -0.15) is 13.2 Å². The summed E-state index contributed by atoms with van der Waals surface area (Å²) in [5.41, 5.74) is 0.365. The Balaban J connectivity index is 1.89. The third-order valence-corrected chi connectivity index (χ3v) is 3.58. The minimum absolute atomic E-state index is 0.0209. The zero-order valence-corrected chi connectivity index (χ0v) is 11.2. The molecule has 110 valence electrons. The molecule has 0 atom stereocenters. The van der Waals surface area contributed by atoms with Crippen LogP contribution in [0.15, 0.2) is 5.38 Å². The van der Waals surface area contributed by atoms with Crippen molar-refractivity contribution in [1.29, 1.82) is 0 Å². The molecule has 0 aliphatic carbocycles. The molecule has 1 aliphatic rings. The summed E-state index contributed by atoms with van der Waals surface area (Å²) in [4.78, 5) is 28.5. The van der Waals surface area contributed by atoms with E-state index in [4.69, 9.17) is 0 Å². The molecule has 0 aromatic carbocycles. The summed E-state index contributed by atoms with van der Waals surface area (Å²) in [6, 6.07) is 0. The van der Waals surface area contributed by atoms with Crippen molar-refractivity contribution in [2.24, 2.45) is 0 Å². The van der Waals surface area contributed by atoms with Gasteiger partial charge in [0, 0.05) is 18.3 Å². The van der Waals surface area contributed by atoms with Crippen LogP contribution in [0.3, 0.4) is 0 Å². The fourth-order valence-electron chi connectivity index (χ4n) is 1.78. The van der Waals surface area contributed by atoms with Gasteiger partial charge < -0.3 is 5.32 Å². The fourth-order valence-corrected chi connectivity index (χ4v) is 2.65. The van der Waals surface area contributed by atoms with E-state index in [1.54, 1.807) is 10.7 Å². The lowest BCUT2D eigenvalue weighted by Crippen LogP contribution is -2.34.